The van der Waals surface area contributed by atoms with Crippen LogP contribution in [0.4, 0.5) is 11.4 Å². The van der Waals surface area contributed by atoms with E-state index in [1.54, 1.807) is 11.9 Å². The minimum absolute atomic E-state index is 0.127. The molecule has 2 amide bonds. The van der Waals surface area contributed by atoms with Crippen LogP contribution >= 0.6 is 15.9 Å². The van der Waals surface area contributed by atoms with E-state index in [0.717, 1.165) is 21.3 Å². The monoisotopic (exact) mass is 403 g/mol. The Morgan fingerprint density at radius 1 is 0.920 bits per heavy atom. The van der Waals surface area contributed by atoms with Crippen LogP contribution in [0.15, 0.2) is 46.9 Å². The van der Waals surface area contributed by atoms with Crippen molar-refractivity contribution in [3.8, 4) is 0 Å². The second-order valence-electron chi connectivity index (χ2n) is 6.00. The van der Waals surface area contributed by atoms with Crippen LogP contribution in [0.25, 0.3) is 0 Å². The molecule has 25 heavy (non-hydrogen) atoms. The smallest absolute Gasteiger partial charge is 0.238 e. The van der Waals surface area contributed by atoms with Gasteiger partial charge < -0.3 is 10.6 Å². The Balaban J connectivity index is 1.86. The molecule has 0 radical (unpaired) electrons. The molecule has 0 saturated carbocycles. The fourth-order valence-electron chi connectivity index (χ4n) is 2.37. The average Bonchev–Trinajstić information content (AvgIpc) is 2.53. The first-order chi connectivity index (χ1) is 11.9. The van der Waals surface area contributed by atoms with E-state index in [4.69, 9.17) is 0 Å². The van der Waals surface area contributed by atoms with Crippen molar-refractivity contribution >= 4 is 39.1 Å². The minimum Gasteiger partial charge on any atom is -0.325 e. The molecule has 0 aliphatic heterocycles. The van der Waals surface area contributed by atoms with Crippen molar-refractivity contribution in [2.45, 2.75) is 13.8 Å². The van der Waals surface area contributed by atoms with Crippen LogP contribution in [0, 0.1) is 13.8 Å². The lowest BCUT2D eigenvalue weighted by molar-refractivity contribution is -0.119. The largest absolute Gasteiger partial charge is 0.325 e. The Morgan fingerprint density at radius 3 is 2.12 bits per heavy atom. The van der Waals surface area contributed by atoms with Crippen LogP contribution in [0.5, 0.6) is 0 Å². The van der Waals surface area contributed by atoms with Crippen LogP contribution < -0.4 is 10.6 Å². The fourth-order valence-corrected chi connectivity index (χ4v) is 2.76. The summed E-state index contributed by atoms with van der Waals surface area (Å²) in [5.74, 6) is -0.321. The van der Waals surface area contributed by atoms with E-state index in [0.29, 0.717) is 5.69 Å². The summed E-state index contributed by atoms with van der Waals surface area (Å²) in [6.45, 7) is 4.24. The highest BCUT2D eigenvalue weighted by Gasteiger charge is 2.13. The van der Waals surface area contributed by atoms with Gasteiger partial charge in [0.25, 0.3) is 0 Å². The molecular formula is C19H22BrN3O2. The van der Waals surface area contributed by atoms with Gasteiger partial charge in [-0.05, 0) is 66.2 Å². The van der Waals surface area contributed by atoms with Crippen LogP contribution in [0.3, 0.4) is 0 Å². The summed E-state index contributed by atoms with van der Waals surface area (Å²) in [7, 11) is 1.74. The first-order valence-corrected chi connectivity index (χ1v) is 8.75. The van der Waals surface area contributed by atoms with Gasteiger partial charge in [-0.1, -0.05) is 24.3 Å². The second kappa shape index (κ2) is 8.78. The van der Waals surface area contributed by atoms with Gasteiger partial charge in [-0.15, -0.1) is 0 Å². The first kappa shape index (κ1) is 19.1. The molecule has 132 valence electrons. The number of aryl methyl sites for hydroxylation is 1. The number of rotatable bonds is 6. The van der Waals surface area contributed by atoms with E-state index >= 15 is 0 Å². The third kappa shape index (κ3) is 5.69. The van der Waals surface area contributed by atoms with E-state index < -0.39 is 0 Å². The lowest BCUT2D eigenvalue weighted by atomic mass is 10.1. The first-order valence-electron chi connectivity index (χ1n) is 7.96. The highest BCUT2D eigenvalue weighted by atomic mass is 79.9. The number of nitrogens with one attached hydrogen (secondary N) is 2. The minimum atomic E-state index is -0.172. The van der Waals surface area contributed by atoms with Crippen LogP contribution in [0.2, 0.25) is 0 Å². The maximum absolute atomic E-state index is 12.2. The zero-order valence-electron chi connectivity index (χ0n) is 14.6. The van der Waals surface area contributed by atoms with Crippen molar-refractivity contribution in [2.75, 3.05) is 30.8 Å². The zero-order valence-corrected chi connectivity index (χ0v) is 16.2. The number of nitrogens with zero attached hydrogens (tertiary/aromatic N) is 1. The van der Waals surface area contributed by atoms with E-state index in [2.05, 4.69) is 26.6 Å². The summed E-state index contributed by atoms with van der Waals surface area (Å²) >= 11 is 3.39. The number of amides is 2. The van der Waals surface area contributed by atoms with Gasteiger partial charge >= 0.3 is 0 Å². The van der Waals surface area contributed by atoms with Gasteiger partial charge in [0.05, 0.1) is 18.8 Å². The summed E-state index contributed by atoms with van der Waals surface area (Å²) in [6.07, 6.45) is 0. The molecule has 2 aromatic rings. The lowest BCUT2D eigenvalue weighted by Gasteiger charge is -2.17. The van der Waals surface area contributed by atoms with E-state index in [1.807, 2.05) is 56.3 Å². The van der Waals surface area contributed by atoms with Gasteiger partial charge in [-0.25, -0.2) is 0 Å². The molecule has 2 rings (SSSR count). The molecule has 2 N–H and O–H groups in total. The van der Waals surface area contributed by atoms with Gasteiger partial charge in [-0.2, -0.15) is 0 Å². The van der Waals surface area contributed by atoms with E-state index in [9.17, 15) is 9.59 Å². The van der Waals surface area contributed by atoms with Crippen LogP contribution in [-0.2, 0) is 9.59 Å². The molecule has 0 aliphatic carbocycles. The molecule has 0 fully saturated rings. The van der Waals surface area contributed by atoms with E-state index in [-0.39, 0.29) is 24.9 Å². The molecule has 0 spiro atoms. The standard InChI is InChI=1S/C19H22BrN3O2/c1-13-7-6-10-16(14(13)2)21-18(24)11-23(3)12-19(25)22-17-9-5-4-8-15(17)20/h4-10H,11-12H2,1-3H3,(H,21,24)(H,22,25). The quantitative estimate of drug-likeness (QED) is 0.774. The predicted octanol–water partition coefficient (Wildman–Crippen LogP) is 3.57. The summed E-state index contributed by atoms with van der Waals surface area (Å²) in [4.78, 5) is 26.0. The normalized spacial score (nSPS) is 10.6. The highest BCUT2D eigenvalue weighted by molar-refractivity contribution is 9.10. The van der Waals surface area contributed by atoms with Crippen LogP contribution in [-0.4, -0.2) is 36.9 Å². The third-order valence-electron chi connectivity index (χ3n) is 3.85. The number of anilines is 2. The number of halogens is 1. The summed E-state index contributed by atoms with van der Waals surface area (Å²) in [6, 6.07) is 13.2. The number of carbonyl (C=O) groups is 2. The summed E-state index contributed by atoms with van der Waals surface area (Å²) in [5.41, 5.74) is 3.68. The van der Waals surface area contributed by atoms with Gasteiger partial charge in [0.1, 0.15) is 0 Å². The number of hydrogen-bond donors (Lipinski definition) is 2. The second-order valence-corrected chi connectivity index (χ2v) is 6.85. The molecule has 0 aliphatic rings. The topological polar surface area (TPSA) is 61.4 Å². The van der Waals surface area contributed by atoms with Gasteiger partial charge in [0.2, 0.25) is 11.8 Å². The molecule has 0 bridgehead atoms. The maximum Gasteiger partial charge on any atom is 0.238 e. The Morgan fingerprint density at radius 2 is 1.48 bits per heavy atom. The van der Waals surface area contributed by atoms with Crippen molar-refractivity contribution in [3.05, 3.63) is 58.1 Å². The predicted molar refractivity (Wildman–Crippen MR) is 105 cm³/mol. The Labute approximate surface area is 156 Å². The van der Waals surface area contributed by atoms with Crippen molar-refractivity contribution in [1.82, 2.24) is 4.90 Å². The SMILES string of the molecule is Cc1cccc(NC(=O)CN(C)CC(=O)Nc2ccccc2Br)c1C. The molecule has 0 unspecified atom stereocenters. The number of carbonyl (C=O) groups excluding carboxylic acids is 2. The molecule has 0 aromatic heterocycles. The Kier molecular flexibility index (Phi) is 6.73. The highest BCUT2D eigenvalue weighted by Crippen LogP contribution is 2.21. The van der Waals surface area contributed by atoms with Gasteiger partial charge in [0.15, 0.2) is 0 Å². The van der Waals surface area contributed by atoms with Gasteiger partial charge in [-0.3, -0.25) is 14.5 Å². The summed E-state index contributed by atoms with van der Waals surface area (Å²) < 4.78 is 0.818. The summed E-state index contributed by atoms with van der Waals surface area (Å²) in [5, 5.41) is 5.72. The lowest BCUT2D eigenvalue weighted by Crippen LogP contribution is -2.36. The molecule has 0 atom stereocenters. The Bertz CT molecular complexity index is 777. The third-order valence-corrected chi connectivity index (χ3v) is 4.55. The molecule has 2 aromatic carbocycles. The molecule has 5 nitrogen and oxygen atoms in total. The zero-order chi connectivity index (χ0) is 18.4. The Hall–Kier alpha value is -2.18. The molecule has 0 heterocycles. The molecule has 0 saturated heterocycles. The van der Waals surface area contributed by atoms with Crippen LogP contribution in [0.1, 0.15) is 11.1 Å². The fraction of sp³-hybridized carbons (Fsp3) is 0.263. The number of benzene rings is 2. The van der Waals surface area contributed by atoms with E-state index in [1.165, 1.54) is 0 Å². The van der Waals surface area contributed by atoms with Crippen molar-refractivity contribution in [2.24, 2.45) is 0 Å². The number of likely N-dealkylation sites (N-methyl/N-ethyl adjacent to an activating group) is 1. The average molecular weight is 404 g/mol. The molecular weight excluding hydrogens is 382 g/mol. The van der Waals surface area contributed by atoms with Crippen molar-refractivity contribution in [1.29, 1.82) is 0 Å². The number of para-hydroxylation sites is 1. The molecule has 6 heteroatoms. The van der Waals surface area contributed by atoms with Crippen molar-refractivity contribution < 1.29 is 9.59 Å². The number of hydrogen-bond acceptors (Lipinski definition) is 3. The van der Waals surface area contributed by atoms with Gasteiger partial charge in [0, 0.05) is 10.2 Å². The maximum atomic E-state index is 12.2. The van der Waals surface area contributed by atoms with Crippen molar-refractivity contribution in [3.63, 3.8) is 0 Å².